The summed E-state index contributed by atoms with van der Waals surface area (Å²) in [7, 11) is 0. The lowest BCUT2D eigenvalue weighted by molar-refractivity contribution is -0.123. The number of carbonyl (C=O) groups excluding carboxylic acids is 3. The Morgan fingerprint density at radius 1 is 0.932 bits per heavy atom. The highest BCUT2D eigenvalue weighted by Crippen LogP contribution is 2.41. The Morgan fingerprint density at radius 2 is 1.80 bits per heavy atom. The Labute approximate surface area is 253 Å². The van der Waals surface area contributed by atoms with Gasteiger partial charge in [0.2, 0.25) is 0 Å². The second-order valence-electron chi connectivity index (χ2n) is 11.5. The predicted molar refractivity (Wildman–Crippen MR) is 165 cm³/mol. The molecule has 7 heterocycles. The fourth-order valence-electron chi connectivity index (χ4n) is 6.79. The SMILES string of the molecule is O=C1NC(=O)C(c2cnc3ccccn23)=C1C1=NC=CN2c3c(cccc31)CC2C(=O)c1ccc(CCN2CCCC2)nc1. The van der Waals surface area contributed by atoms with Crippen LogP contribution in [0.25, 0.3) is 11.2 Å². The van der Waals surface area contributed by atoms with Crippen molar-refractivity contribution in [3.63, 3.8) is 0 Å². The molecule has 0 saturated carbocycles. The van der Waals surface area contributed by atoms with Gasteiger partial charge in [-0.2, -0.15) is 0 Å². The number of likely N-dealkylation sites (tertiary alicyclic amines) is 1. The number of pyridine rings is 2. The van der Waals surface area contributed by atoms with Crippen LogP contribution in [-0.2, 0) is 22.4 Å². The molecule has 218 valence electrons. The quantitative estimate of drug-likeness (QED) is 0.262. The van der Waals surface area contributed by atoms with Gasteiger partial charge in [-0.1, -0.05) is 24.3 Å². The summed E-state index contributed by atoms with van der Waals surface area (Å²) in [5.74, 6) is -1.05. The Kier molecular flexibility index (Phi) is 6.30. The van der Waals surface area contributed by atoms with Crippen molar-refractivity contribution in [2.45, 2.75) is 31.7 Å². The lowest BCUT2D eigenvalue weighted by atomic mass is 9.94. The zero-order chi connectivity index (χ0) is 29.8. The molecule has 1 N–H and O–H groups in total. The number of para-hydroxylation sites is 1. The van der Waals surface area contributed by atoms with E-state index in [1.54, 1.807) is 35.4 Å². The van der Waals surface area contributed by atoms with Crippen LogP contribution in [0.1, 0.15) is 45.7 Å². The van der Waals surface area contributed by atoms with Crippen LogP contribution in [0.15, 0.2) is 90.1 Å². The van der Waals surface area contributed by atoms with E-state index in [9.17, 15) is 14.4 Å². The number of amides is 2. The Morgan fingerprint density at radius 3 is 2.64 bits per heavy atom. The Hall–Kier alpha value is -5.22. The zero-order valence-electron chi connectivity index (χ0n) is 23.9. The highest BCUT2D eigenvalue weighted by atomic mass is 16.2. The molecule has 4 aliphatic rings. The van der Waals surface area contributed by atoms with Gasteiger partial charge >= 0.3 is 0 Å². The molecular formula is C34H29N7O3. The van der Waals surface area contributed by atoms with Crippen molar-refractivity contribution >= 4 is 40.2 Å². The minimum Gasteiger partial charge on any atom is -0.334 e. The zero-order valence-corrected chi connectivity index (χ0v) is 23.9. The molecule has 10 heteroatoms. The first-order chi connectivity index (χ1) is 21.6. The number of benzene rings is 1. The van der Waals surface area contributed by atoms with Crippen LogP contribution in [-0.4, -0.2) is 68.3 Å². The van der Waals surface area contributed by atoms with Gasteiger partial charge in [-0.15, -0.1) is 0 Å². The number of rotatable bonds is 7. The van der Waals surface area contributed by atoms with Crippen LogP contribution >= 0.6 is 0 Å². The second kappa shape index (κ2) is 10.5. The Bertz CT molecular complexity index is 1950. The van der Waals surface area contributed by atoms with Crippen molar-refractivity contribution in [2.24, 2.45) is 4.99 Å². The third-order valence-corrected chi connectivity index (χ3v) is 8.95. The lowest BCUT2D eigenvalue weighted by Crippen LogP contribution is -2.35. The topological polar surface area (TPSA) is 112 Å². The average Bonchev–Trinajstić information content (AvgIpc) is 3.82. The molecular weight excluding hydrogens is 554 g/mol. The maximum Gasteiger partial charge on any atom is 0.261 e. The molecule has 0 spiro atoms. The van der Waals surface area contributed by atoms with Crippen LogP contribution in [0.3, 0.4) is 0 Å². The number of aromatic nitrogens is 3. The van der Waals surface area contributed by atoms with Gasteiger partial charge in [-0.05, 0) is 55.8 Å². The molecule has 1 aromatic carbocycles. The molecule has 8 rings (SSSR count). The van der Waals surface area contributed by atoms with Gasteiger partial charge in [0.25, 0.3) is 11.8 Å². The first-order valence-corrected chi connectivity index (χ1v) is 15.0. The summed E-state index contributed by atoms with van der Waals surface area (Å²) >= 11 is 0. The number of ketones is 1. The number of nitrogens with zero attached hydrogens (tertiary/aromatic N) is 6. The summed E-state index contributed by atoms with van der Waals surface area (Å²) in [5, 5.41) is 2.46. The number of carbonyl (C=O) groups is 3. The fourth-order valence-corrected chi connectivity index (χ4v) is 6.79. The number of aliphatic imine (C=N–C) groups is 1. The van der Waals surface area contributed by atoms with Crippen molar-refractivity contribution in [3.8, 4) is 0 Å². The molecule has 44 heavy (non-hydrogen) atoms. The molecule has 2 amide bonds. The molecule has 0 aliphatic carbocycles. The van der Waals surface area contributed by atoms with Crippen LogP contribution in [0.4, 0.5) is 5.69 Å². The third kappa shape index (κ3) is 4.29. The van der Waals surface area contributed by atoms with E-state index in [0.717, 1.165) is 43.0 Å². The summed E-state index contributed by atoms with van der Waals surface area (Å²) in [4.78, 5) is 58.5. The van der Waals surface area contributed by atoms with E-state index in [2.05, 4.69) is 20.2 Å². The molecule has 3 aromatic heterocycles. The summed E-state index contributed by atoms with van der Waals surface area (Å²) in [5.41, 5.74) is 5.95. The van der Waals surface area contributed by atoms with E-state index >= 15 is 0 Å². The molecule has 4 aliphatic heterocycles. The number of Topliss-reactive ketones (excluding diaryl/α,β-unsaturated/α-hetero) is 1. The fraction of sp³-hybridized carbons (Fsp3) is 0.235. The first kappa shape index (κ1) is 26.4. The van der Waals surface area contributed by atoms with E-state index in [4.69, 9.17) is 4.99 Å². The van der Waals surface area contributed by atoms with Gasteiger partial charge in [0, 0.05) is 61.0 Å². The van der Waals surface area contributed by atoms with E-state index in [1.165, 1.54) is 12.8 Å². The van der Waals surface area contributed by atoms with Crippen molar-refractivity contribution in [2.75, 3.05) is 24.5 Å². The van der Waals surface area contributed by atoms with Crippen molar-refractivity contribution in [1.29, 1.82) is 0 Å². The molecule has 0 radical (unpaired) electrons. The monoisotopic (exact) mass is 583 g/mol. The van der Waals surface area contributed by atoms with E-state index in [1.807, 2.05) is 53.4 Å². The second-order valence-corrected chi connectivity index (χ2v) is 11.5. The van der Waals surface area contributed by atoms with Gasteiger partial charge in [-0.3, -0.25) is 34.1 Å². The van der Waals surface area contributed by atoms with Gasteiger partial charge in [0.1, 0.15) is 11.7 Å². The highest BCUT2D eigenvalue weighted by molar-refractivity contribution is 6.47. The van der Waals surface area contributed by atoms with Crippen molar-refractivity contribution in [1.82, 2.24) is 24.6 Å². The molecule has 10 nitrogen and oxygen atoms in total. The first-order valence-electron chi connectivity index (χ1n) is 15.0. The molecule has 0 bridgehead atoms. The van der Waals surface area contributed by atoms with Gasteiger partial charge in [0.15, 0.2) is 5.78 Å². The average molecular weight is 584 g/mol. The molecule has 1 unspecified atom stereocenters. The van der Waals surface area contributed by atoms with E-state index in [0.29, 0.717) is 34.6 Å². The lowest BCUT2D eigenvalue weighted by Gasteiger charge is -2.23. The molecule has 1 atom stereocenters. The number of anilines is 1. The van der Waals surface area contributed by atoms with Crippen molar-refractivity contribution in [3.05, 3.63) is 113 Å². The summed E-state index contributed by atoms with van der Waals surface area (Å²) in [6, 6.07) is 14.7. The van der Waals surface area contributed by atoms with Crippen LogP contribution in [0, 0.1) is 0 Å². The van der Waals surface area contributed by atoms with Crippen LogP contribution in [0.2, 0.25) is 0 Å². The molecule has 1 fully saturated rings. The standard InChI is InChI=1S/C34H29N7O3/c42-32(22-9-10-23(36-19-22)11-16-39-13-3-4-14-39)25-18-21-6-5-7-24-30(35-12-17-41(25)31(21)24)29-28(33(43)38-34(29)44)26-20-37-27-8-1-2-15-40(26)27/h1-2,5-10,12,15,17,19-20,25H,3-4,11,13-14,16,18H2,(H,38,43,44). The normalized spacial score (nSPS) is 19.5. The predicted octanol–water partition coefficient (Wildman–Crippen LogP) is 3.37. The molecule has 4 aromatic rings. The van der Waals surface area contributed by atoms with Crippen LogP contribution < -0.4 is 10.2 Å². The third-order valence-electron chi connectivity index (χ3n) is 8.95. The van der Waals surface area contributed by atoms with Crippen molar-refractivity contribution < 1.29 is 14.4 Å². The molecule has 1 saturated heterocycles. The number of imide groups is 1. The Balaban J connectivity index is 1.12. The van der Waals surface area contributed by atoms with Gasteiger partial charge < -0.3 is 9.80 Å². The highest BCUT2D eigenvalue weighted by Gasteiger charge is 2.41. The number of hydrogen-bond donors (Lipinski definition) is 1. The number of hydrogen-bond acceptors (Lipinski definition) is 8. The van der Waals surface area contributed by atoms with Gasteiger partial charge in [-0.25, -0.2) is 4.98 Å². The van der Waals surface area contributed by atoms with E-state index in [-0.39, 0.29) is 16.9 Å². The maximum absolute atomic E-state index is 13.9. The summed E-state index contributed by atoms with van der Waals surface area (Å²) < 4.78 is 1.78. The van der Waals surface area contributed by atoms with Gasteiger partial charge in [0.05, 0.1) is 34.4 Å². The summed E-state index contributed by atoms with van der Waals surface area (Å²) in [6.45, 7) is 3.28. The maximum atomic E-state index is 13.9. The smallest absolute Gasteiger partial charge is 0.261 e. The largest absolute Gasteiger partial charge is 0.334 e. The van der Waals surface area contributed by atoms with E-state index < -0.39 is 17.9 Å². The minimum absolute atomic E-state index is 0.0294. The number of nitrogens with one attached hydrogen (secondary N) is 1. The number of imidazole rings is 1. The van der Waals surface area contributed by atoms with Crippen LogP contribution in [0.5, 0.6) is 0 Å². The summed E-state index contributed by atoms with van der Waals surface area (Å²) in [6.07, 6.45) is 12.4. The number of fused-ring (bicyclic) bond motifs is 1. The minimum atomic E-state index is -0.518.